The molecule has 6 aromatic rings. The number of nitrogens with zero attached hydrogens (tertiary/aromatic N) is 2. The maximum atomic E-state index is 14.3. The van der Waals surface area contributed by atoms with Crippen LogP contribution in [0.1, 0.15) is 76.2 Å². The molecule has 7 N–H and O–H groups in total. The normalized spacial score (nSPS) is 14.4. The lowest BCUT2D eigenvalue weighted by Gasteiger charge is -2.29. The van der Waals surface area contributed by atoms with Crippen molar-refractivity contribution in [3.63, 3.8) is 0 Å². The Balaban J connectivity index is 1.16. The molecule has 6 atom stereocenters. The Labute approximate surface area is 363 Å². The van der Waals surface area contributed by atoms with E-state index in [0.717, 1.165) is 33.2 Å². The van der Waals surface area contributed by atoms with Crippen molar-refractivity contribution in [2.45, 2.75) is 97.5 Å². The number of benzene rings is 4. The van der Waals surface area contributed by atoms with Crippen LogP contribution in [0.25, 0.3) is 22.1 Å². The van der Waals surface area contributed by atoms with Gasteiger partial charge in [-0.2, -0.15) is 0 Å². The number of carbonyl (C=O) groups is 4. The van der Waals surface area contributed by atoms with Gasteiger partial charge in [0.15, 0.2) is 0 Å². The van der Waals surface area contributed by atoms with Crippen LogP contribution in [0.2, 0.25) is 0 Å². The lowest BCUT2D eigenvalue weighted by Crippen LogP contribution is -2.52. The van der Waals surface area contributed by atoms with Crippen LogP contribution in [0.4, 0.5) is 0 Å². The molecular weight excluding hydrogens is 781 g/mol. The highest BCUT2D eigenvalue weighted by molar-refractivity contribution is 5.90. The van der Waals surface area contributed by atoms with Gasteiger partial charge in [-0.1, -0.05) is 125 Å². The third-order valence-corrected chi connectivity index (χ3v) is 11.8. The van der Waals surface area contributed by atoms with Gasteiger partial charge in [0.2, 0.25) is 23.6 Å². The van der Waals surface area contributed by atoms with Crippen LogP contribution in [0.3, 0.4) is 0 Å². The second-order valence-electron chi connectivity index (χ2n) is 16.5. The van der Waals surface area contributed by atoms with E-state index in [1.54, 1.807) is 0 Å². The zero-order valence-electron chi connectivity index (χ0n) is 36.1. The molecule has 2 heterocycles. The molecule has 6 rings (SSSR count). The molecule has 4 aromatic carbocycles. The molecule has 0 aliphatic carbocycles. The lowest BCUT2D eigenvalue weighted by molar-refractivity contribution is -0.134. The summed E-state index contributed by atoms with van der Waals surface area (Å²) in [6.07, 6.45) is 0.923. The molecule has 0 aliphatic heterocycles. The van der Waals surface area contributed by atoms with Crippen molar-refractivity contribution in [3.8, 4) is 0 Å². The van der Waals surface area contributed by atoms with E-state index < -0.39 is 30.0 Å². The second-order valence-corrected chi connectivity index (χ2v) is 16.5. The molecule has 0 fully saturated rings. The maximum Gasteiger partial charge on any atom is 0.243 e. The van der Waals surface area contributed by atoms with Gasteiger partial charge in [0.25, 0.3) is 0 Å². The summed E-state index contributed by atoms with van der Waals surface area (Å²) in [5, 5.41) is 23.8. The molecule has 13 nitrogen and oxygen atoms in total. The molecule has 0 spiro atoms. The first-order chi connectivity index (χ1) is 30.0. The molecule has 0 saturated carbocycles. The fraction of sp³-hybridized carbons (Fsp3) is 0.388. The van der Waals surface area contributed by atoms with E-state index >= 15 is 0 Å². The monoisotopic (exact) mass is 840 g/mol. The zero-order valence-corrected chi connectivity index (χ0v) is 36.1. The summed E-state index contributed by atoms with van der Waals surface area (Å²) in [6.45, 7) is 8.10. The molecule has 0 bridgehead atoms. The van der Waals surface area contributed by atoms with Gasteiger partial charge in [0, 0.05) is 11.8 Å². The third-order valence-electron chi connectivity index (χ3n) is 11.8. The predicted octanol–water partition coefficient (Wildman–Crippen LogP) is 6.29. The largest absolute Gasteiger partial charge is 0.393 e. The van der Waals surface area contributed by atoms with Crippen LogP contribution >= 0.6 is 0 Å². The molecule has 13 heteroatoms. The highest BCUT2D eigenvalue weighted by Gasteiger charge is 2.34. The highest BCUT2D eigenvalue weighted by atomic mass is 16.3. The number of para-hydroxylation sites is 4. The summed E-state index contributed by atoms with van der Waals surface area (Å²) in [7, 11) is 0. The van der Waals surface area contributed by atoms with Gasteiger partial charge in [-0.05, 0) is 72.9 Å². The molecular formula is C49H60N8O5. The minimum Gasteiger partial charge on any atom is -0.393 e. The van der Waals surface area contributed by atoms with E-state index in [2.05, 4.69) is 41.2 Å². The van der Waals surface area contributed by atoms with Gasteiger partial charge < -0.3 is 36.3 Å². The van der Waals surface area contributed by atoms with E-state index in [1.807, 2.05) is 137 Å². The number of nitrogens with one attached hydrogen (secondary N) is 6. The van der Waals surface area contributed by atoms with Gasteiger partial charge in [-0.15, -0.1) is 0 Å². The smallest absolute Gasteiger partial charge is 0.243 e. The number of aliphatic hydroxyl groups excluding tert-OH is 1. The Bertz CT molecular complexity index is 2150. The van der Waals surface area contributed by atoms with Crippen LogP contribution in [0, 0.1) is 23.7 Å². The third kappa shape index (κ3) is 12.4. The Kier molecular flexibility index (Phi) is 16.0. The number of hydrogen-bond donors (Lipinski definition) is 7. The molecule has 0 radical (unpaired) electrons. The first-order valence-corrected chi connectivity index (χ1v) is 21.8. The SMILES string of the molecule is CC[C@H](C)[C@H](NC(=O)[C@H](Cc1ccccc1)CC(O)C[C@@H](Cc1ccccc1)C(=O)N[C@H](C(=O)NCc1nc2ccccc2[nH]1)[C@@H](C)CC)C(=O)NCc1nc2ccccc2[nH]1. The first-order valence-electron chi connectivity index (χ1n) is 21.8. The van der Waals surface area contributed by atoms with Crippen molar-refractivity contribution in [1.82, 2.24) is 41.2 Å². The van der Waals surface area contributed by atoms with E-state index in [0.29, 0.717) is 37.3 Å². The van der Waals surface area contributed by atoms with Crippen molar-refractivity contribution in [3.05, 3.63) is 132 Å². The van der Waals surface area contributed by atoms with Crippen LogP contribution < -0.4 is 21.3 Å². The molecule has 0 saturated heterocycles. The van der Waals surface area contributed by atoms with E-state index in [9.17, 15) is 24.3 Å². The van der Waals surface area contributed by atoms with Gasteiger partial charge in [0.1, 0.15) is 23.7 Å². The highest BCUT2D eigenvalue weighted by Crippen LogP contribution is 2.24. The summed E-state index contributed by atoms with van der Waals surface area (Å²) in [4.78, 5) is 71.7. The van der Waals surface area contributed by atoms with Gasteiger partial charge >= 0.3 is 0 Å². The number of aliphatic hydroxyl groups is 1. The van der Waals surface area contributed by atoms with E-state index in [-0.39, 0.29) is 61.4 Å². The molecule has 0 unspecified atom stereocenters. The topological polar surface area (TPSA) is 194 Å². The van der Waals surface area contributed by atoms with Gasteiger partial charge in [-0.25, -0.2) is 9.97 Å². The van der Waals surface area contributed by atoms with Crippen LogP contribution in [0.15, 0.2) is 109 Å². The molecule has 2 aromatic heterocycles. The number of carbonyl (C=O) groups excluding carboxylic acids is 4. The first kappa shape index (κ1) is 45.2. The number of aromatic nitrogens is 4. The minimum atomic E-state index is -1.07. The summed E-state index contributed by atoms with van der Waals surface area (Å²) < 4.78 is 0. The number of fused-ring (bicyclic) bond motifs is 2. The summed E-state index contributed by atoms with van der Waals surface area (Å²) in [6, 6.07) is 32.7. The number of hydrogen-bond acceptors (Lipinski definition) is 7. The fourth-order valence-electron chi connectivity index (χ4n) is 7.80. The second kappa shape index (κ2) is 22.0. The van der Waals surface area contributed by atoms with Crippen molar-refractivity contribution in [2.75, 3.05) is 0 Å². The van der Waals surface area contributed by atoms with Crippen LogP contribution in [-0.2, 0) is 45.1 Å². The Morgan fingerprint density at radius 2 is 0.919 bits per heavy atom. The van der Waals surface area contributed by atoms with Crippen LogP contribution in [-0.4, -0.2) is 66.9 Å². The van der Waals surface area contributed by atoms with Crippen molar-refractivity contribution in [1.29, 1.82) is 0 Å². The van der Waals surface area contributed by atoms with Crippen molar-refractivity contribution >= 4 is 45.7 Å². The molecule has 4 amide bonds. The number of H-pyrrole nitrogens is 2. The minimum absolute atomic E-state index is 0.0416. The quantitative estimate of drug-likeness (QED) is 0.0417. The van der Waals surface area contributed by atoms with Crippen molar-refractivity contribution in [2.24, 2.45) is 23.7 Å². The average Bonchev–Trinajstić information content (AvgIpc) is 3.92. The fourth-order valence-corrected chi connectivity index (χ4v) is 7.80. The molecule has 326 valence electrons. The van der Waals surface area contributed by atoms with Crippen LogP contribution in [0.5, 0.6) is 0 Å². The summed E-state index contributed by atoms with van der Waals surface area (Å²) >= 11 is 0. The average molecular weight is 841 g/mol. The molecule has 62 heavy (non-hydrogen) atoms. The van der Waals surface area contributed by atoms with Gasteiger partial charge in [0.05, 0.1) is 41.3 Å². The maximum absolute atomic E-state index is 14.3. The lowest BCUT2D eigenvalue weighted by atomic mass is 9.86. The van der Waals surface area contributed by atoms with Crippen molar-refractivity contribution < 1.29 is 24.3 Å². The molecule has 0 aliphatic rings. The van der Waals surface area contributed by atoms with E-state index in [4.69, 9.17) is 0 Å². The summed E-state index contributed by atoms with van der Waals surface area (Å²) in [5.74, 6) is -2.00. The number of amides is 4. The predicted molar refractivity (Wildman–Crippen MR) is 241 cm³/mol. The van der Waals surface area contributed by atoms with E-state index in [1.165, 1.54) is 0 Å². The Morgan fingerprint density at radius 1 is 0.548 bits per heavy atom. The van der Waals surface area contributed by atoms with Gasteiger partial charge in [-0.3, -0.25) is 19.2 Å². The number of rotatable bonds is 22. The zero-order chi connectivity index (χ0) is 44.0. The number of aromatic amines is 2. The number of imidazole rings is 2. The summed E-state index contributed by atoms with van der Waals surface area (Å²) in [5.41, 5.74) is 5.13. The Morgan fingerprint density at radius 3 is 1.29 bits per heavy atom. The Hall–Kier alpha value is -6.34. The standard InChI is InChI=1S/C49H60N8O5/c1-5-31(3)44(48(61)50-29-42-52-38-21-13-14-22-39(38)53-42)56-46(59)35(25-33-17-9-7-10-18-33)27-37(58)28-36(26-34-19-11-8-12-20-34)47(60)57-45(32(4)6-2)49(62)51-30-43-54-40-23-15-16-24-41(40)55-43/h7-24,31-32,35-37,44-45,58H,5-6,25-30H2,1-4H3,(H,50,61)(H,51,62)(H,52,53)(H,54,55)(H,56,59)(H,57,60)/t31-,32-,35+,36+,44-,45-/m0/s1.